The predicted molar refractivity (Wildman–Crippen MR) is 133 cm³/mol. The summed E-state index contributed by atoms with van der Waals surface area (Å²) in [7, 11) is 0. The van der Waals surface area contributed by atoms with Crippen LogP contribution in [0.1, 0.15) is 29.5 Å². The van der Waals surface area contributed by atoms with Gasteiger partial charge in [0.15, 0.2) is 0 Å². The Balaban J connectivity index is 1.35. The summed E-state index contributed by atoms with van der Waals surface area (Å²) in [6, 6.07) is 9.64. The van der Waals surface area contributed by atoms with Crippen LogP contribution in [0.5, 0.6) is 0 Å². The first-order valence-electron chi connectivity index (χ1n) is 11.5. The molecule has 2 fully saturated rings. The van der Waals surface area contributed by atoms with Crippen LogP contribution >= 0.6 is 0 Å². The third-order valence-corrected chi connectivity index (χ3v) is 5.89. The SMILES string of the molecule is NC=C(C=NCC1(F)CC1)c1ccncc1/C=C/C(=O)Nc1ccc(CN2CCOCC2)cc1. The lowest BCUT2D eigenvalue weighted by atomic mass is 10.0. The average molecular weight is 464 g/mol. The third kappa shape index (κ3) is 6.82. The van der Waals surface area contributed by atoms with Gasteiger partial charge >= 0.3 is 0 Å². The molecule has 34 heavy (non-hydrogen) atoms. The highest BCUT2D eigenvalue weighted by Gasteiger charge is 2.42. The van der Waals surface area contributed by atoms with Gasteiger partial charge in [-0.2, -0.15) is 0 Å². The number of hydrogen-bond acceptors (Lipinski definition) is 6. The molecule has 1 aromatic heterocycles. The number of hydrogen-bond donors (Lipinski definition) is 2. The van der Waals surface area contributed by atoms with Gasteiger partial charge in [-0.25, -0.2) is 4.39 Å². The van der Waals surface area contributed by atoms with Gasteiger partial charge in [0.2, 0.25) is 5.91 Å². The van der Waals surface area contributed by atoms with Crippen LogP contribution in [0.4, 0.5) is 10.1 Å². The van der Waals surface area contributed by atoms with E-state index in [1.54, 1.807) is 30.8 Å². The van der Waals surface area contributed by atoms with Crippen molar-refractivity contribution in [3.63, 3.8) is 0 Å². The Morgan fingerprint density at radius 1 is 1.24 bits per heavy atom. The molecule has 8 heteroatoms. The molecule has 3 N–H and O–H groups in total. The van der Waals surface area contributed by atoms with Crippen molar-refractivity contribution in [1.29, 1.82) is 0 Å². The highest BCUT2D eigenvalue weighted by atomic mass is 19.1. The topological polar surface area (TPSA) is 92.8 Å². The fourth-order valence-corrected chi connectivity index (χ4v) is 3.67. The van der Waals surface area contributed by atoms with Crippen LogP contribution in [0, 0.1) is 0 Å². The first kappa shape index (κ1) is 23.8. The fourth-order valence-electron chi connectivity index (χ4n) is 3.67. The highest BCUT2D eigenvalue weighted by Crippen LogP contribution is 2.39. The molecule has 0 atom stereocenters. The molecule has 2 aliphatic rings. The van der Waals surface area contributed by atoms with Crippen molar-refractivity contribution in [3.05, 3.63) is 71.7 Å². The van der Waals surface area contributed by atoms with E-state index in [1.165, 1.54) is 17.8 Å². The number of ether oxygens (including phenoxy) is 1. The van der Waals surface area contributed by atoms with Crippen molar-refractivity contribution >= 4 is 29.5 Å². The van der Waals surface area contributed by atoms with Crippen LogP contribution in [0.15, 0.2) is 60.0 Å². The number of alkyl halides is 1. The van der Waals surface area contributed by atoms with E-state index in [0.29, 0.717) is 24.0 Å². The monoisotopic (exact) mass is 463 g/mol. The molecule has 1 aromatic carbocycles. The second kappa shape index (κ2) is 11.2. The van der Waals surface area contributed by atoms with E-state index in [4.69, 9.17) is 10.5 Å². The summed E-state index contributed by atoms with van der Waals surface area (Å²) in [5.41, 5.74) is 8.67. The van der Waals surface area contributed by atoms with Gasteiger partial charge in [-0.1, -0.05) is 12.1 Å². The Morgan fingerprint density at radius 2 is 2.00 bits per heavy atom. The number of nitrogens with one attached hydrogen (secondary N) is 1. The fraction of sp³-hybridized carbons (Fsp3) is 0.346. The lowest BCUT2D eigenvalue weighted by molar-refractivity contribution is -0.111. The molecule has 2 heterocycles. The number of aromatic nitrogens is 1. The molecule has 1 amide bonds. The third-order valence-electron chi connectivity index (χ3n) is 5.89. The van der Waals surface area contributed by atoms with E-state index in [-0.39, 0.29) is 12.5 Å². The highest BCUT2D eigenvalue weighted by molar-refractivity contribution is 6.11. The Kier molecular flexibility index (Phi) is 7.82. The number of amides is 1. The normalized spacial score (nSPS) is 18.4. The summed E-state index contributed by atoms with van der Waals surface area (Å²) >= 11 is 0. The first-order chi connectivity index (χ1) is 16.5. The van der Waals surface area contributed by atoms with Crippen molar-refractivity contribution < 1.29 is 13.9 Å². The number of halogens is 1. The Labute approximate surface area is 199 Å². The molecule has 1 aliphatic carbocycles. The number of nitrogens with zero attached hydrogens (tertiary/aromatic N) is 3. The zero-order chi connectivity index (χ0) is 23.8. The quantitative estimate of drug-likeness (QED) is 0.439. The zero-order valence-electron chi connectivity index (χ0n) is 19.1. The summed E-state index contributed by atoms with van der Waals surface area (Å²) < 4.78 is 19.2. The molecule has 0 bridgehead atoms. The minimum absolute atomic E-state index is 0.133. The Morgan fingerprint density at radius 3 is 2.71 bits per heavy atom. The van der Waals surface area contributed by atoms with Crippen molar-refractivity contribution in [2.45, 2.75) is 25.1 Å². The second-order valence-corrected chi connectivity index (χ2v) is 8.61. The van der Waals surface area contributed by atoms with Gasteiger partial charge in [0.05, 0.1) is 19.8 Å². The van der Waals surface area contributed by atoms with Crippen LogP contribution in [0.3, 0.4) is 0 Å². The average Bonchev–Trinajstić information content (AvgIpc) is 3.60. The van der Waals surface area contributed by atoms with Crippen molar-refractivity contribution in [3.8, 4) is 0 Å². The standard InChI is InChI=1S/C26H30FN5O2/c27-26(8-9-26)19-30-17-22(15-28)24-7-10-29-16-21(24)3-6-25(33)31-23-4-1-20(2-5-23)18-32-11-13-34-14-12-32/h1-7,10,15-17H,8-9,11-14,18-19,28H2,(H,31,33)/b6-3+,22-15?,30-17?. The Bertz CT molecular complexity index is 1070. The van der Waals surface area contributed by atoms with Gasteiger partial charge in [-0.3, -0.25) is 19.7 Å². The molecule has 4 rings (SSSR count). The largest absolute Gasteiger partial charge is 0.404 e. The van der Waals surface area contributed by atoms with Gasteiger partial charge in [-0.05, 0) is 48.2 Å². The molecular weight excluding hydrogens is 433 g/mol. The zero-order valence-corrected chi connectivity index (χ0v) is 19.1. The maximum absolute atomic E-state index is 13.8. The number of anilines is 1. The summed E-state index contributed by atoms with van der Waals surface area (Å²) in [5, 5.41) is 2.88. The molecule has 0 radical (unpaired) electrons. The van der Waals surface area contributed by atoms with E-state index in [2.05, 4.69) is 20.2 Å². The molecule has 1 saturated heterocycles. The maximum Gasteiger partial charge on any atom is 0.248 e. The molecule has 1 saturated carbocycles. The van der Waals surface area contributed by atoms with E-state index < -0.39 is 5.67 Å². The van der Waals surface area contributed by atoms with Gasteiger partial charge in [0.25, 0.3) is 0 Å². The molecule has 7 nitrogen and oxygen atoms in total. The van der Waals surface area contributed by atoms with Crippen LogP contribution in [0.2, 0.25) is 0 Å². The lowest BCUT2D eigenvalue weighted by Gasteiger charge is -2.26. The van der Waals surface area contributed by atoms with Crippen LogP contribution in [0.25, 0.3) is 11.6 Å². The van der Waals surface area contributed by atoms with Crippen molar-refractivity contribution in [2.24, 2.45) is 10.7 Å². The van der Waals surface area contributed by atoms with E-state index >= 15 is 0 Å². The number of pyridine rings is 1. The predicted octanol–water partition coefficient (Wildman–Crippen LogP) is 3.44. The smallest absolute Gasteiger partial charge is 0.248 e. The van der Waals surface area contributed by atoms with Gasteiger partial charge in [0, 0.05) is 67.3 Å². The van der Waals surface area contributed by atoms with Crippen LogP contribution < -0.4 is 11.1 Å². The molecule has 0 spiro atoms. The number of carbonyl (C=O) groups is 1. The number of aliphatic imine (C=N–C) groups is 1. The van der Waals surface area contributed by atoms with Gasteiger partial charge in [-0.15, -0.1) is 0 Å². The summed E-state index contributed by atoms with van der Waals surface area (Å²) in [6.07, 6.45) is 10.5. The van der Waals surface area contributed by atoms with Crippen molar-refractivity contribution in [2.75, 3.05) is 38.2 Å². The van der Waals surface area contributed by atoms with Gasteiger partial charge in [0.1, 0.15) is 5.67 Å². The lowest BCUT2D eigenvalue weighted by Crippen LogP contribution is -2.35. The minimum Gasteiger partial charge on any atom is -0.404 e. The second-order valence-electron chi connectivity index (χ2n) is 8.61. The van der Waals surface area contributed by atoms with E-state index in [9.17, 15) is 9.18 Å². The van der Waals surface area contributed by atoms with Crippen LogP contribution in [-0.2, 0) is 16.1 Å². The minimum atomic E-state index is -1.16. The Hall–Kier alpha value is -3.36. The van der Waals surface area contributed by atoms with Crippen molar-refractivity contribution in [1.82, 2.24) is 9.88 Å². The number of carbonyl (C=O) groups excluding carboxylic acids is 1. The summed E-state index contributed by atoms with van der Waals surface area (Å²) in [4.78, 5) is 23.2. The summed E-state index contributed by atoms with van der Waals surface area (Å²) in [6.45, 7) is 4.41. The molecule has 1 aliphatic heterocycles. The van der Waals surface area contributed by atoms with Crippen LogP contribution in [-0.4, -0.2) is 60.5 Å². The molecule has 2 aromatic rings. The van der Waals surface area contributed by atoms with E-state index in [1.807, 2.05) is 24.3 Å². The number of rotatable bonds is 9. The number of nitrogens with two attached hydrogens (primary N) is 1. The summed E-state index contributed by atoms with van der Waals surface area (Å²) in [5.74, 6) is -0.254. The van der Waals surface area contributed by atoms with Gasteiger partial charge < -0.3 is 15.8 Å². The molecular formula is C26H30FN5O2. The molecule has 0 unspecified atom stereocenters. The number of allylic oxidation sites excluding steroid dienone is 1. The molecule has 178 valence electrons. The number of benzene rings is 1. The maximum atomic E-state index is 13.8. The van der Waals surface area contributed by atoms with E-state index in [0.717, 1.165) is 44.1 Å². The number of morpholine rings is 1. The first-order valence-corrected chi connectivity index (χ1v) is 11.5.